The van der Waals surface area contributed by atoms with Gasteiger partial charge in [-0.3, -0.25) is 0 Å². The van der Waals surface area contributed by atoms with E-state index in [-0.39, 0.29) is 12.1 Å². The Balaban J connectivity index is 1.91. The molecule has 4 heteroatoms. The number of urea groups is 1. The molecule has 1 saturated carbocycles. The maximum atomic E-state index is 11.8. The molecule has 2 fully saturated rings. The van der Waals surface area contributed by atoms with Gasteiger partial charge in [0.1, 0.15) is 0 Å². The third-order valence-corrected chi connectivity index (χ3v) is 3.29. The molecule has 3 N–H and O–H groups in total. The summed E-state index contributed by atoms with van der Waals surface area (Å²) in [7, 11) is 0. The molecule has 2 rings (SSSR count). The van der Waals surface area contributed by atoms with Crippen molar-refractivity contribution in [1.82, 2.24) is 10.2 Å². The lowest BCUT2D eigenvalue weighted by Gasteiger charge is -2.25. The zero-order chi connectivity index (χ0) is 10.1. The highest BCUT2D eigenvalue weighted by atomic mass is 16.2. The van der Waals surface area contributed by atoms with Crippen molar-refractivity contribution in [2.45, 2.75) is 38.3 Å². The van der Waals surface area contributed by atoms with Crippen LogP contribution in [0.1, 0.15) is 26.2 Å². The van der Waals surface area contributed by atoms with Gasteiger partial charge >= 0.3 is 6.03 Å². The number of hydrogen-bond acceptors (Lipinski definition) is 2. The average molecular weight is 197 g/mol. The highest BCUT2D eigenvalue weighted by Crippen LogP contribution is 2.25. The van der Waals surface area contributed by atoms with Crippen LogP contribution in [0.2, 0.25) is 0 Å². The molecule has 80 valence electrons. The zero-order valence-corrected chi connectivity index (χ0v) is 8.70. The fourth-order valence-electron chi connectivity index (χ4n) is 2.11. The Kier molecular flexibility index (Phi) is 2.63. The van der Waals surface area contributed by atoms with E-state index in [1.165, 1.54) is 0 Å². The molecule has 2 atom stereocenters. The molecule has 0 aromatic heterocycles. The topological polar surface area (TPSA) is 58.4 Å². The van der Waals surface area contributed by atoms with Gasteiger partial charge in [-0.25, -0.2) is 4.79 Å². The molecule has 1 saturated heterocycles. The van der Waals surface area contributed by atoms with Gasteiger partial charge < -0.3 is 16.0 Å². The Morgan fingerprint density at radius 3 is 2.79 bits per heavy atom. The lowest BCUT2D eigenvalue weighted by atomic mass is 10.0. The monoisotopic (exact) mass is 197 g/mol. The van der Waals surface area contributed by atoms with E-state index in [1.807, 2.05) is 4.90 Å². The van der Waals surface area contributed by atoms with E-state index < -0.39 is 0 Å². The number of likely N-dealkylation sites (tertiary alicyclic amines) is 1. The highest BCUT2D eigenvalue weighted by molar-refractivity contribution is 5.75. The molecular formula is C10H19N3O. The zero-order valence-electron chi connectivity index (χ0n) is 8.70. The number of carbonyl (C=O) groups is 1. The standard InChI is InChI=1S/C10H19N3O/c1-7-4-5-13(9(7)6-11)10(14)12-8-2-3-8/h7-9H,2-6,11H2,1H3,(H,12,14). The van der Waals surface area contributed by atoms with Gasteiger partial charge in [0, 0.05) is 25.2 Å². The van der Waals surface area contributed by atoms with Crippen molar-refractivity contribution in [3.05, 3.63) is 0 Å². The summed E-state index contributed by atoms with van der Waals surface area (Å²) in [5.41, 5.74) is 5.68. The van der Waals surface area contributed by atoms with E-state index in [0.29, 0.717) is 18.5 Å². The van der Waals surface area contributed by atoms with Crippen molar-refractivity contribution >= 4 is 6.03 Å². The summed E-state index contributed by atoms with van der Waals surface area (Å²) in [6.07, 6.45) is 3.37. The lowest BCUT2D eigenvalue weighted by molar-refractivity contribution is 0.188. The Hall–Kier alpha value is -0.770. The van der Waals surface area contributed by atoms with Gasteiger partial charge in [-0.05, 0) is 25.2 Å². The van der Waals surface area contributed by atoms with Gasteiger partial charge in [0.25, 0.3) is 0 Å². The first-order valence-corrected chi connectivity index (χ1v) is 5.49. The Morgan fingerprint density at radius 2 is 2.21 bits per heavy atom. The number of carbonyl (C=O) groups excluding carboxylic acids is 1. The second-order valence-corrected chi connectivity index (χ2v) is 4.49. The Labute approximate surface area is 84.8 Å². The number of hydrogen-bond donors (Lipinski definition) is 2. The van der Waals surface area contributed by atoms with Crippen LogP contribution in [0.3, 0.4) is 0 Å². The molecule has 4 nitrogen and oxygen atoms in total. The molecular weight excluding hydrogens is 178 g/mol. The van der Waals surface area contributed by atoms with Crippen molar-refractivity contribution in [2.24, 2.45) is 11.7 Å². The van der Waals surface area contributed by atoms with Gasteiger partial charge in [0.15, 0.2) is 0 Å². The van der Waals surface area contributed by atoms with Gasteiger partial charge in [-0.15, -0.1) is 0 Å². The number of amides is 2. The molecule has 0 bridgehead atoms. The van der Waals surface area contributed by atoms with E-state index in [9.17, 15) is 4.79 Å². The Morgan fingerprint density at radius 1 is 1.50 bits per heavy atom. The average Bonchev–Trinajstić information content (AvgIpc) is 2.88. The molecule has 1 aliphatic carbocycles. The largest absolute Gasteiger partial charge is 0.335 e. The van der Waals surface area contributed by atoms with Crippen LogP contribution in [0, 0.1) is 5.92 Å². The predicted molar refractivity (Wildman–Crippen MR) is 54.9 cm³/mol. The fourth-order valence-corrected chi connectivity index (χ4v) is 2.11. The normalized spacial score (nSPS) is 32.0. The summed E-state index contributed by atoms with van der Waals surface area (Å²) in [5.74, 6) is 0.546. The van der Waals surface area contributed by atoms with Crippen molar-refractivity contribution < 1.29 is 4.79 Å². The molecule has 0 aromatic rings. The molecule has 2 amide bonds. The van der Waals surface area contributed by atoms with E-state index in [1.54, 1.807) is 0 Å². The number of nitrogens with two attached hydrogens (primary N) is 1. The smallest absolute Gasteiger partial charge is 0.317 e. The minimum Gasteiger partial charge on any atom is -0.335 e. The van der Waals surface area contributed by atoms with E-state index >= 15 is 0 Å². The lowest BCUT2D eigenvalue weighted by Crippen LogP contribution is -2.47. The summed E-state index contributed by atoms with van der Waals surface area (Å²) in [5, 5.41) is 3.01. The van der Waals surface area contributed by atoms with Crippen molar-refractivity contribution in [3.8, 4) is 0 Å². The first-order chi connectivity index (χ1) is 6.72. The Bertz CT molecular complexity index is 227. The predicted octanol–water partition coefficient (Wildman–Crippen LogP) is 0.527. The van der Waals surface area contributed by atoms with E-state index in [0.717, 1.165) is 25.8 Å². The third kappa shape index (κ3) is 1.85. The molecule has 1 heterocycles. The summed E-state index contributed by atoms with van der Waals surface area (Å²) < 4.78 is 0. The molecule has 2 unspecified atom stereocenters. The second-order valence-electron chi connectivity index (χ2n) is 4.49. The van der Waals surface area contributed by atoms with Crippen LogP contribution in [0.4, 0.5) is 4.79 Å². The van der Waals surface area contributed by atoms with Crippen molar-refractivity contribution in [2.75, 3.05) is 13.1 Å². The molecule has 14 heavy (non-hydrogen) atoms. The molecule has 0 radical (unpaired) electrons. The maximum Gasteiger partial charge on any atom is 0.317 e. The van der Waals surface area contributed by atoms with Crippen LogP contribution in [-0.2, 0) is 0 Å². The highest BCUT2D eigenvalue weighted by Gasteiger charge is 2.35. The first-order valence-electron chi connectivity index (χ1n) is 5.49. The van der Waals surface area contributed by atoms with Gasteiger partial charge in [-0.1, -0.05) is 6.92 Å². The minimum absolute atomic E-state index is 0.0901. The van der Waals surface area contributed by atoms with Crippen LogP contribution < -0.4 is 11.1 Å². The van der Waals surface area contributed by atoms with Crippen LogP contribution in [0.25, 0.3) is 0 Å². The first kappa shape index (κ1) is 9.77. The second kappa shape index (κ2) is 3.77. The van der Waals surface area contributed by atoms with Gasteiger partial charge in [0.05, 0.1) is 0 Å². The molecule has 0 aromatic carbocycles. The summed E-state index contributed by atoms with van der Waals surface area (Å²) in [6.45, 7) is 3.61. The number of nitrogens with zero attached hydrogens (tertiary/aromatic N) is 1. The fraction of sp³-hybridized carbons (Fsp3) is 0.900. The van der Waals surface area contributed by atoms with Crippen LogP contribution in [0.5, 0.6) is 0 Å². The minimum atomic E-state index is 0.0901. The molecule has 2 aliphatic rings. The molecule has 1 aliphatic heterocycles. The van der Waals surface area contributed by atoms with Crippen LogP contribution in [-0.4, -0.2) is 36.1 Å². The van der Waals surface area contributed by atoms with E-state index in [4.69, 9.17) is 5.73 Å². The van der Waals surface area contributed by atoms with Crippen molar-refractivity contribution in [1.29, 1.82) is 0 Å². The molecule has 0 spiro atoms. The van der Waals surface area contributed by atoms with E-state index in [2.05, 4.69) is 12.2 Å². The maximum absolute atomic E-state index is 11.8. The number of rotatable bonds is 2. The summed E-state index contributed by atoms with van der Waals surface area (Å²) in [4.78, 5) is 13.7. The van der Waals surface area contributed by atoms with Crippen LogP contribution >= 0.6 is 0 Å². The quantitative estimate of drug-likeness (QED) is 0.678. The SMILES string of the molecule is CC1CCN(C(=O)NC2CC2)C1CN. The number of nitrogens with one attached hydrogen (secondary N) is 1. The summed E-state index contributed by atoms with van der Waals surface area (Å²) >= 11 is 0. The van der Waals surface area contributed by atoms with Crippen molar-refractivity contribution in [3.63, 3.8) is 0 Å². The van der Waals surface area contributed by atoms with Crippen LogP contribution in [0.15, 0.2) is 0 Å². The van der Waals surface area contributed by atoms with Gasteiger partial charge in [-0.2, -0.15) is 0 Å². The van der Waals surface area contributed by atoms with Gasteiger partial charge in [0.2, 0.25) is 0 Å². The summed E-state index contributed by atoms with van der Waals surface area (Å²) in [6, 6.07) is 0.776. The third-order valence-electron chi connectivity index (χ3n) is 3.29.